The van der Waals surface area contributed by atoms with Crippen molar-refractivity contribution in [2.45, 2.75) is 20.8 Å². The summed E-state index contributed by atoms with van der Waals surface area (Å²) in [7, 11) is 0. The third-order valence-corrected chi connectivity index (χ3v) is 3.06. The second-order valence-electron chi connectivity index (χ2n) is 4.87. The number of anilines is 1. The molecular formula is C17H21NO. The summed E-state index contributed by atoms with van der Waals surface area (Å²) < 4.78 is 5.88. The van der Waals surface area contributed by atoms with Crippen LogP contribution in [-0.2, 0) is 0 Å². The molecule has 0 aromatic heterocycles. The van der Waals surface area contributed by atoms with Crippen molar-refractivity contribution < 1.29 is 4.74 Å². The van der Waals surface area contributed by atoms with Gasteiger partial charge in [-0.3, -0.25) is 0 Å². The van der Waals surface area contributed by atoms with E-state index in [1.54, 1.807) is 0 Å². The van der Waals surface area contributed by atoms with E-state index in [0.29, 0.717) is 6.61 Å². The SMILES string of the molecule is Cc1cc(C)c(OCCNc2ccccc2)c(C)c1. The van der Waals surface area contributed by atoms with Crippen molar-refractivity contribution in [3.05, 3.63) is 59.2 Å². The minimum absolute atomic E-state index is 0.666. The van der Waals surface area contributed by atoms with Crippen LogP contribution >= 0.6 is 0 Å². The Morgan fingerprint density at radius 1 is 0.947 bits per heavy atom. The van der Waals surface area contributed by atoms with E-state index in [0.717, 1.165) is 18.0 Å². The lowest BCUT2D eigenvalue weighted by Crippen LogP contribution is -2.12. The predicted octanol–water partition coefficient (Wildman–Crippen LogP) is 4.10. The predicted molar refractivity (Wildman–Crippen MR) is 81.1 cm³/mol. The average Bonchev–Trinajstić information content (AvgIpc) is 2.38. The van der Waals surface area contributed by atoms with Crippen molar-refractivity contribution in [2.24, 2.45) is 0 Å². The minimum atomic E-state index is 0.666. The number of hydrogen-bond donors (Lipinski definition) is 1. The van der Waals surface area contributed by atoms with Crippen molar-refractivity contribution in [3.63, 3.8) is 0 Å². The van der Waals surface area contributed by atoms with Crippen LogP contribution in [0.4, 0.5) is 5.69 Å². The summed E-state index contributed by atoms with van der Waals surface area (Å²) in [5.74, 6) is 1.01. The van der Waals surface area contributed by atoms with E-state index in [-0.39, 0.29) is 0 Å². The van der Waals surface area contributed by atoms with Crippen molar-refractivity contribution in [3.8, 4) is 5.75 Å². The zero-order chi connectivity index (χ0) is 13.7. The molecule has 2 aromatic rings. The Morgan fingerprint density at radius 2 is 1.58 bits per heavy atom. The van der Waals surface area contributed by atoms with Crippen molar-refractivity contribution >= 4 is 5.69 Å². The zero-order valence-electron chi connectivity index (χ0n) is 11.9. The number of nitrogens with one attached hydrogen (secondary N) is 1. The first-order valence-corrected chi connectivity index (χ1v) is 6.66. The average molecular weight is 255 g/mol. The Hall–Kier alpha value is -1.96. The Bertz CT molecular complexity index is 511. The van der Waals surface area contributed by atoms with Gasteiger partial charge in [-0.2, -0.15) is 0 Å². The molecule has 0 saturated heterocycles. The monoisotopic (exact) mass is 255 g/mol. The zero-order valence-corrected chi connectivity index (χ0v) is 11.9. The Balaban J connectivity index is 1.86. The van der Waals surface area contributed by atoms with Gasteiger partial charge in [0.2, 0.25) is 0 Å². The van der Waals surface area contributed by atoms with Gasteiger partial charge in [0.15, 0.2) is 0 Å². The molecule has 0 amide bonds. The molecule has 0 bridgehead atoms. The molecule has 2 heteroatoms. The highest BCUT2D eigenvalue weighted by molar-refractivity contribution is 5.44. The lowest BCUT2D eigenvalue weighted by Gasteiger charge is -2.13. The van der Waals surface area contributed by atoms with Gasteiger partial charge < -0.3 is 10.1 Å². The molecule has 0 spiro atoms. The smallest absolute Gasteiger partial charge is 0.125 e. The molecule has 0 fully saturated rings. The Morgan fingerprint density at radius 3 is 2.21 bits per heavy atom. The van der Waals surface area contributed by atoms with Gasteiger partial charge in [0.1, 0.15) is 12.4 Å². The molecule has 0 atom stereocenters. The van der Waals surface area contributed by atoms with E-state index >= 15 is 0 Å². The first-order valence-electron chi connectivity index (χ1n) is 6.66. The molecular weight excluding hydrogens is 234 g/mol. The first kappa shape index (κ1) is 13.5. The van der Waals surface area contributed by atoms with Crippen LogP contribution in [0.15, 0.2) is 42.5 Å². The third kappa shape index (κ3) is 3.75. The fourth-order valence-corrected chi connectivity index (χ4v) is 2.30. The van der Waals surface area contributed by atoms with Gasteiger partial charge >= 0.3 is 0 Å². The van der Waals surface area contributed by atoms with Gasteiger partial charge in [-0.05, 0) is 44.0 Å². The molecule has 19 heavy (non-hydrogen) atoms. The summed E-state index contributed by atoms with van der Waals surface area (Å²) in [4.78, 5) is 0. The fraction of sp³-hybridized carbons (Fsp3) is 0.294. The maximum atomic E-state index is 5.88. The van der Waals surface area contributed by atoms with Gasteiger partial charge in [-0.15, -0.1) is 0 Å². The summed E-state index contributed by atoms with van der Waals surface area (Å²) in [6, 6.07) is 14.5. The van der Waals surface area contributed by atoms with Gasteiger partial charge in [-0.1, -0.05) is 35.9 Å². The van der Waals surface area contributed by atoms with Gasteiger partial charge in [0.25, 0.3) is 0 Å². The number of hydrogen-bond acceptors (Lipinski definition) is 2. The highest BCUT2D eigenvalue weighted by atomic mass is 16.5. The van der Waals surface area contributed by atoms with E-state index in [2.05, 4.69) is 50.4 Å². The molecule has 1 N–H and O–H groups in total. The van der Waals surface area contributed by atoms with Crippen LogP contribution in [0.5, 0.6) is 5.75 Å². The van der Waals surface area contributed by atoms with Crippen molar-refractivity contribution in [1.29, 1.82) is 0 Å². The molecule has 0 aliphatic heterocycles. The lowest BCUT2D eigenvalue weighted by molar-refractivity contribution is 0.328. The highest BCUT2D eigenvalue weighted by Gasteiger charge is 2.04. The summed E-state index contributed by atoms with van der Waals surface area (Å²) in [6.45, 7) is 7.77. The lowest BCUT2D eigenvalue weighted by atomic mass is 10.1. The highest BCUT2D eigenvalue weighted by Crippen LogP contribution is 2.24. The van der Waals surface area contributed by atoms with Crippen LogP contribution in [0.3, 0.4) is 0 Å². The van der Waals surface area contributed by atoms with Crippen LogP contribution in [0.1, 0.15) is 16.7 Å². The van der Waals surface area contributed by atoms with Crippen LogP contribution in [0.2, 0.25) is 0 Å². The Labute approximate surface area is 115 Å². The molecule has 0 unspecified atom stereocenters. The fourth-order valence-electron chi connectivity index (χ4n) is 2.30. The third-order valence-electron chi connectivity index (χ3n) is 3.06. The second kappa shape index (κ2) is 6.28. The van der Waals surface area contributed by atoms with E-state index in [9.17, 15) is 0 Å². The standard InChI is InChI=1S/C17H21NO/c1-13-11-14(2)17(15(3)12-13)19-10-9-18-16-7-5-4-6-8-16/h4-8,11-12,18H,9-10H2,1-3H3. The quantitative estimate of drug-likeness (QED) is 0.812. The topological polar surface area (TPSA) is 21.3 Å². The molecule has 2 nitrogen and oxygen atoms in total. The largest absolute Gasteiger partial charge is 0.491 e. The van der Waals surface area contributed by atoms with Gasteiger partial charge in [0, 0.05) is 12.2 Å². The van der Waals surface area contributed by atoms with Crippen LogP contribution < -0.4 is 10.1 Å². The van der Waals surface area contributed by atoms with E-state index < -0.39 is 0 Å². The number of para-hydroxylation sites is 1. The minimum Gasteiger partial charge on any atom is -0.491 e. The molecule has 0 aliphatic carbocycles. The van der Waals surface area contributed by atoms with E-state index in [1.807, 2.05) is 18.2 Å². The molecule has 100 valence electrons. The molecule has 0 radical (unpaired) electrons. The second-order valence-corrected chi connectivity index (χ2v) is 4.87. The maximum Gasteiger partial charge on any atom is 0.125 e. The van der Waals surface area contributed by atoms with Crippen molar-refractivity contribution in [2.75, 3.05) is 18.5 Å². The maximum absolute atomic E-state index is 5.88. The number of rotatable bonds is 5. The first-order chi connectivity index (χ1) is 9.16. The summed E-state index contributed by atoms with van der Waals surface area (Å²) in [5, 5.41) is 3.34. The summed E-state index contributed by atoms with van der Waals surface area (Å²) in [6.07, 6.45) is 0. The molecule has 0 saturated carbocycles. The van der Waals surface area contributed by atoms with E-state index in [4.69, 9.17) is 4.74 Å². The Kier molecular flexibility index (Phi) is 4.45. The summed E-state index contributed by atoms with van der Waals surface area (Å²) >= 11 is 0. The summed E-state index contributed by atoms with van der Waals surface area (Å²) in [5.41, 5.74) is 4.82. The number of aryl methyl sites for hydroxylation is 3. The molecule has 0 aliphatic rings. The van der Waals surface area contributed by atoms with Crippen molar-refractivity contribution in [1.82, 2.24) is 0 Å². The van der Waals surface area contributed by atoms with Crippen LogP contribution in [0, 0.1) is 20.8 Å². The van der Waals surface area contributed by atoms with Crippen LogP contribution in [-0.4, -0.2) is 13.2 Å². The van der Waals surface area contributed by atoms with E-state index in [1.165, 1.54) is 16.7 Å². The molecule has 2 rings (SSSR count). The molecule has 2 aromatic carbocycles. The normalized spacial score (nSPS) is 10.3. The molecule has 0 heterocycles. The number of benzene rings is 2. The van der Waals surface area contributed by atoms with Gasteiger partial charge in [-0.25, -0.2) is 0 Å². The van der Waals surface area contributed by atoms with Gasteiger partial charge in [0.05, 0.1) is 0 Å². The number of ether oxygens (including phenoxy) is 1. The van der Waals surface area contributed by atoms with Crippen LogP contribution in [0.25, 0.3) is 0 Å².